The summed E-state index contributed by atoms with van der Waals surface area (Å²) in [4.78, 5) is 8.88. The SMILES string of the molecule is Cc1ccc2c(Nc3ccccc3)nc([Se])nc2c1. The van der Waals surface area contributed by atoms with E-state index in [1.807, 2.05) is 30.3 Å². The zero-order chi connectivity index (χ0) is 13.2. The van der Waals surface area contributed by atoms with Crippen LogP contribution in [0.4, 0.5) is 11.5 Å². The summed E-state index contributed by atoms with van der Waals surface area (Å²) in [6.07, 6.45) is 0. The van der Waals surface area contributed by atoms with Crippen LogP contribution in [0.1, 0.15) is 5.56 Å². The standard InChI is InChI=1S/C15H12N3Se/c1-10-7-8-12-13(9-10)17-15(19)18-14(12)16-11-5-3-2-4-6-11/h2-9H,1H3,(H,16,17,18). The Bertz CT molecular complexity index is 721. The van der Waals surface area contributed by atoms with Crippen LogP contribution in [0.15, 0.2) is 48.5 Å². The van der Waals surface area contributed by atoms with Gasteiger partial charge in [0.25, 0.3) is 0 Å². The van der Waals surface area contributed by atoms with Crippen molar-refractivity contribution in [3.63, 3.8) is 0 Å². The Kier molecular flexibility index (Phi) is 3.20. The molecule has 3 rings (SSSR count). The number of para-hydroxylation sites is 1. The molecular formula is C15H12N3Se. The van der Waals surface area contributed by atoms with E-state index in [0.717, 1.165) is 22.4 Å². The summed E-state index contributed by atoms with van der Waals surface area (Å²) in [5.74, 6) is 0.824. The number of nitrogens with one attached hydrogen (secondary N) is 1. The summed E-state index contributed by atoms with van der Waals surface area (Å²) in [5, 5.41) is 4.36. The van der Waals surface area contributed by atoms with Gasteiger partial charge in [0.1, 0.15) is 0 Å². The van der Waals surface area contributed by atoms with Gasteiger partial charge in [-0.05, 0) is 0 Å². The van der Waals surface area contributed by atoms with Crippen molar-refractivity contribution >= 4 is 43.1 Å². The molecule has 0 atom stereocenters. The molecule has 0 aliphatic rings. The van der Waals surface area contributed by atoms with Gasteiger partial charge in [0.15, 0.2) is 0 Å². The average molecular weight is 313 g/mol. The molecule has 4 heteroatoms. The zero-order valence-corrected chi connectivity index (χ0v) is 12.1. The number of rotatable bonds is 2. The van der Waals surface area contributed by atoms with E-state index in [9.17, 15) is 0 Å². The van der Waals surface area contributed by atoms with E-state index in [4.69, 9.17) is 0 Å². The first-order valence-corrected chi connectivity index (χ1v) is 6.85. The molecule has 0 fully saturated rings. The fourth-order valence-electron chi connectivity index (χ4n) is 1.97. The van der Waals surface area contributed by atoms with Gasteiger partial charge in [-0.1, -0.05) is 0 Å². The van der Waals surface area contributed by atoms with Gasteiger partial charge in [-0.15, -0.1) is 0 Å². The van der Waals surface area contributed by atoms with Crippen molar-refractivity contribution in [1.82, 2.24) is 9.97 Å². The minimum absolute atomic E-state index is 0.650. The molecule has 0 aliphatic carbocycles. The molecule has 0 spiro atoms. The van der Waals surface area contributed by atoms with Crippen molar-refractivity contribution in [2.45, 2.75) is 6.92 Å². The molecular weight excluding hydrogens is 301 g/mol. The van der Waals surface area contributed by atoms with Crippen LogP contribution in [0.5, 0.6) is 0 Å². The van der Waals surface area contributed by atoms with Gasteiger partial charge < -0.3 is 0 Å². The molecule has 0 amide bonds. The number of hydrogen-bond acceptors (Lipinski definition) is 3. The van der Waals surface area contributed by atoms with Crippen molar-refractivity contribution in [1.29, 1.82) is 0 Å². The maximum absolute atomic E-state index is 4.45. The van der Waals surface area contributed by atoms with Crippen molar-refractivity contribution in [2.24, 2.45) is 0 Å². The van der Waals surface area contributed by atoms with Gasteiger partial charge in [-0.2, -0.15) is 0 Å². The first-order chi connectivity index (χ1) is 9.22. The molecule has 3 nitrogen and oxygen atoms in total. The van der Waals surface area contributed by atoms with Crippen molar-refractivity contribution in [2.75, 3.05) is 5.32 Å². The van der Waals surface area contributed by atoms with Gasteiger partial charge in [0.05, 0.1) is 0 Å². The van der Waals surface area contributed by atoms with Crippen molar-refractivity contribution in [3.05, 3.63) is 54.1 Å². The molecule has 3 aromatic rings. The first-order valence-electron chi connectivity index (χ1n) is 6.00. The summed E-state index contributed by atoms with van der Waals surface area (Å²) < 4.78 is 0.650. The molecule has 1 heterocycles. The van der Waals surface area contributed by atoms with E-state index < -0.39 is 0 Å². The van der Waals surface area contributed by atoms with E-state index in [-0.39, 0.29) is 0 Å². The number of hydrogen-bond donors (Lipinski definition) is 1. The Hall–Kier alpha value is -1.90. The van der Waals surface area contributed by atoms with E-state index >= 15 is 0 Å². The predicted octanol–water partition coefficient (Wildman–Crippen LogP) is 2.48. The van der Waals surface area contributed by atoms with Crippen LogP contribution in [0.3, 0.4) is 0 Å². The second-order valence-corrected chi connectivity index (χ2v) is 5.13. The van der Waals surface area contributed by atoms with E-state index in [1.165, 1.54) is 5.56 Å². The van der Waals surface area contributed by atoms with Gasteiger partial charge >= 0.3 is 119 Å². The molecule has 0 unspecified atom stereocenters. The van der Waals surface area contributed by atoms with Crippen LogP contribution in [0.25, 0.3) is 10.9 Å². The third-order valence-corrected chi connectivity index (χ3v) is 3.25. The number of anilines is 2. The van der Waals surface area contributed by atoms with Crippen LogP contribution >= 0.6 is 0 Å². The van der Waals surface area contributed by atoms with E-state index in [1.54, 1.807) is 0 Å². The second kappa shape index (κ2) is 5.00. The van der Waals surface area contributed by atoms with Gasteiger partial charge in [0.2, 0.25) is 0 Å². The third-order valence-electron chi connectivity index (χ3n) is 2.87. The number of aromatic nitrogens is 2. The topological polar surface area (TPSA) is 37.8 Å². The predicted molar refractivity (Wildman–Crippen MR) is 79.4 cm³/mol. The Labute approximate surface area is 119 Å². The summed E-state index contributed by atoms with van der Waals surface area (Å²) in [5.41, 5.74) is 3.15. The average Bonchev–Trinajstić information content (AvgIpc) is 2.39. The molecule has 0 aliphatic heterocycles. The van der Waals surface area contributed by atoms with Crippen LogP contribution in [0.2, 0.25) is 0 Å². The molecule has 0 bridgehead atoms. The number of nitrogens with zero attached hydrogens (tertiary/aromatic N) is 2. The van der Waals surface area contributed by atoms with Crippen molar-refractivity contribution < 1.29 is 0 Å². The van der Waals surface area contributed by atoms with Crippen molar-refractivity contribution in [3.8, 4) is 0 Å². The number of aryl methyl sites for hydroxylation is 1. The molecule has 19 heavy (non-hydrogen) atoms. The van der Waals surface area contributed by atoms with Gasteiger partial charge in [-0.25, -0.2) is 0 Å². The van der Waals surface area contributed by atoms with E-state index in [0.29, 0.717) is 4.72 Å². The minimum atomic E-state index is 0.650. The summed E-state index contributed by atoms with van der Waals surface area (Å²) in [6.45, 7) is 2.06. The monoisotopic (exact) mass is 314 g/mol. The summed E-state index contributed by atoms with van der Waals surface area (Å²) in [7, 11) is 0. The first kappa shape index (κ1) is 12.1. The Morgan fingerprint density at radius 2 is 1.79 bits per heavy atom. The van der Waals surface area contributed by atoms with E-state index in [2.05, 4.69) is 56.4 Å². The maximum atomic E-state index is 4.45. The van der Waals surface area contributed by atoms with Crippen LogP contribution in [0, 0.1) is 6.92 Å². The molecule has 2 aromatic carbocycles. The summed E-state index contributed by atoms with van der Waals surface area (Å²) >= 11 is 2.88. The molecule has 1 radical (unpaired) electrons. The molecule has 0 saturated heterocycles. The van der Waals surface area contributed by atoms with Gasteiger partial charge in [-0.3, -0.25) is 0 Å². The quantitative estimate of drug-likeness (QED) is 0.739. The molecule has 1 N–H and O–H groups in total. The molecule has 0 saturated carbocycles. The summed E-state index contributed by atoms with van der Waals surface area (Å²) in [6, 6.07) is 16.2. The zero-order valence-electron chi connectivity index (χ0n) is 10.4. The fourth-order valence-corrected chi connectivity index (χ4v) is 2.37. The number of fused-ring (bicyclic) bond motifs is 1. The Morgan fingerprint density at radius 1 is 1.00 bits per heavy atom. The molecule has 1 aromatic heterocycles. The third kappa shape index (κ3) is 2.60. The van der Waals surface area contributed by atoms with Crippen LogP contribution < -0.4 is 10.0 Å². The van der Waals surface area contributed by atoms with Gasteiger partial charge in [0, 0.05) is 0 Å². The number of benzene rings is 2. The Morgan fingerprint density at radius 3 is 2.58 bits per heavy atom. The normalized spacial score (nSPS) is 10.6. The van der Waals surface area contributed by atoms with Crippen LogP contribution in [-0.4, -0.2) is 26.0 Å². The Balaban J connectivity index is 2.12. The second-order valence-electron chi connectivity index (χ2n) is 4.37. The fraction of sp³-hybridized carbons (Fsp3) is 0.0667. The van der Waals surface area contributed by atoms with Crippen LogP contribution in [-0.2, 0) is 0 Å². The molecule has 93 valence electrons.